The molecule has 1 aliphatic heterocycles. The first-order chi connectivity index (χ1) is 16.3. The van der Waals surface area contributed by atoms with Crippen LogP contribution in [0.4, 0.5) is 27.8 Å². The normalized spacial score (nSPS) is 17.3. The van der Waals surface area contributed by atoms with Crippen molar-refractivity contribution in [1.29, 1.82) is 0 Å². The molecule has 1 saturated heterocycles. The predicted octanol–water partition coefficient (Wildman–Crippen LogP) is 4.18. The number of anilines is 1. The van der Waals surface area contributed by atoms with E-state index in [0.717, 1.165) is 31.5 Å². The average Bonchev–Trinajstić information content (AvgIpc) is 2.79. The summed E-state index contributed by atoms with van der Waals surface area (Å²) in [5, 5.41) is 21.9. The lowest BCUT2D eigenvalue weighted by atomic mass is 10.0. The maximum absolute atomic E-state index is 13.1. The van der Waals surface area contributed by atoms with Crippen LogP contribution in [0.25, 0.3) is 22.0 Å². The summed E-state index contributed by atoms with van der Waals surface area (Å²) < 4.78 is 69.8. The van der Waals surface area contributed by atoms with E-state index in [9.17, 15) is 27.1 Å². The van der Waals surface area contributed by atoms with Crippen LogP contribution in [0.5, 0.6) is 5.75 Å². The number of nitrogens with one attached hydrogen (secondary N) is 1. The molecule has 4 rings (SSSR count). The number of piperidine rings is 1. The summed E-state index contributed by atoms with van der Waals surface area (Å²) in [7, 11) is 0. The van der Waals surface area contributed by atoms with E-state index in [-0.39, 0.29) is 23.9 Å². The number of hydrogen-bond acceptors (Lipinski definition) is 7. The lowest BCUT2D eigenvalue weighted by molar-refractivity contribution is -0.138. The van der Waals surface area contributed by atoms with Crippen LogP contribution < -0.4 is 10.1 Å². The minimum absolute atomic E-state index is 0.0349. The molecule has 1 fully saturated rings. The van der Waals surface area contributed by atoms with Crippen molar-refractivity contribution in [3.63, 3.8) is 0 Å². The molecule has 12 heteroatoms. The van der Waals surface area contributed by atoms with Crippen LogP contribution in [-0.4, -0.2) is 64.1 Å². The van der Waals surface area contributed by atoms with Crippen LogP contribution in [0.1, 0.15) is 18.4 Å². The highest BCUT2D eigenvalue weighted by Crippen LogP contribution is 2.39. The number of rotatable bonds is 7. The SMILES string of the molecule is OCCN1CCC[C@@H](Nc2nnc(-c3ccc(C(F)(F)F)cc3OC(F)F)c3ccncc23)C1. The lowest BCUT2D eigenvalue weighted by Gasteiger charge is -2.33. The quantitative estimate of drug-likeness (QED) is 0.488. The molecule has 7 nitrogen and oxygen atoms in total. The minimum atomic E-state index is -4.73. The van der Waals surface area contributed by atoms with Gasteiger partial charge in [0.05, 0.1) is 12.2 Å². The monoisotopic (exact) mass is 483 g/mol. The first-order valence-corrected chi connectivity index (χ1v) is 10.6. The fraction of sp³-hybridized carbons (Fsp3) is 0.409. The molecule has 0 bridgehead atoms. The Kier molecular flexibility index (Phi) is 7.08. The van der Waals surface area contributed by atoms with Crippen LogP contribution in [0.3, 0.4) is 0 Å². The number of fused-ring (bicyclic) bond motifs is 1. The van der Waals surface area contributed by atoms with Gasteiger partial charge in [-0.05, 0) is 43.7 Å². The van der Waals surface area contributed by atoms with E-state index in [1.807, 2.05) is 0 Å². The van der Waals surface area contributed by atoms with Gasteiger partial charge in [0.2, 0.25) is 0 Å². The number of aromatic nitrogens is 3. The molecule has 1 atom stereocenters. The molecule has 0 amide bonds. The molecule has 182 valence electrons. The molecule has 2 N–H and O–H groups in total. The largest absolute Gasteiger partial charge is 0.434 e. The van der Waals surface area contributed by atoms with Crippen LogP contribution in [0.15, 0.2) is 36.7 Å². The van der Waals surface area contributed by atoms with E-state index in [1.165, 1.54) is 12.4 Å². The molecule has 1 aliphatic rings. The van der Waals surface area contributed by atoms with Crippen molar-refractivity contribution in [2.75, 3.05) is 31.6 Å². The topological polar surface area (TPSA) is 83.4 Å². The predicted molar refractivity (Wildman–Crippen MR) is 115 cm³/mol. The van der Waals surface area contributed by atoms with Crippen LogP contribution in [0.2, 0.25) is 0 Å². The molecule has 3 heterocycles. The summed E-state index contributed by atoms with van der Waals surface area (Å²) in [5.41, 5.74) is -1.07. The Hall–Kier alpha value is -3.12. The number of alkyl halides is 5. The first kappa shape index (κ1) is 24.0. The molecule has 34 heavy (non-hydrogen) atoms. The Bertz CT molecular complexity index is 1140. The van der Waals surface area contributed by atoms with Crippen molar-refractivity contribution in [3.8, 4) is 17.0 Å². The van der Waals surface area contributed by atoms with E-state index >= 15 is 0 Å². The van der Waals surface area contributed by atoms with Gasteiger partial charge in [-0.25, -0.2) is 0 Å². The van der Waals surface area contributed by atoms with Gasteiger partial charge in [-0.3, -0.25) is 9.88 Å². The van der Waals surface area contributed by atoms with Gasteiger partial charge in [0.15, 0.2) is 5.82 Å². The average molecular weight is 483 g/mol. The molecule has 1 aromatic carbocycles. The number of nitrogens with zero attached hydrogens (tertiary/aromatic N) is 4. The molecular formula is C22H22F5N5O2. The Balaban J connectivity index is 1.73. The third kappa shape index (κ3) is 5.33. The van der Waals surface area contributed by atoms with Crippen molar-refractivity contribution < 1.29 is 31.8 Å². The van der Waals surface area contributed by atoms with Gasteiger partial charge in [0.25, 0.3) is 0 Å². The zero-order valence-corrected chi connectivity index (χ0v) is 17.9. The van der Waals surface area contributed by atoms with Gasteiger partial charge in [0, 0.05) is 47.9 Å². The second kappa shape index (κ2) is 10.0. The summed E-state index contributed by atoms with van der Waals surface area (Å²) in [6, 6.07) is 3.98. The van der Waals surface area contributed by atoms with E-state index in [1.54, 1.807) is 6.07 Å². The number of hydrogen-bond donors (Lipinski definition) is 2. The Labute approximate surface area is 191 Å². The van der Waals surface area contributed by atoms with Crippen molar-refractivity contribution >= 4 is 16.6 Å². The molecule has 2 aromatic heterocycles. The summed E-state index contributed by atoms with van der Waals surface area (Å²) in [5.74, 6) is -0.226. The Morgan fingerprint density at radius 3 is 2.74 bits per heavy atom. The number of likely N-dealkylation sites (tertiary alicyclic amines) is 1. The third-order valence-corrected chi connectivity index (χ3v) is 5.62. The standard InChI is InChI=1S/C22H22F5N5O2/c23-21(24)34-18-10-13(22(25,26)27)3-4-16(18)19-15-5-6-28-11-17(15)20(31-30-19)29-14-2-1-7-32(12-14)8-9-33/h3-6,10-11,14,21,33H,1-2,7-9,12H2,(H,29,31)/t14-/m1/s1. The molecular weight excluding hydrogens is 461 g/mol. The molecule has 0 unspecified atom stereocenters. The highest BCUT2D eigenvalue weighted by molar-refractivity contribution is 6.00. The number of β-amino-alcohol motifs (C(OH)–C–C–N with tert-alkyl or cyclic N) is 1. The van der Waals surface area contributed by atoms with Gasteiger partial charge in [0.1, 0.15) is 11.4 Å². The van der Waals surface area contributed by atoms with Gasteiger partial charge in [-0.2, -0.15) is 22.0 Å². The van der Waals surface area contributed by atoms with Crippen molar-refractivity contribution in [2.24, 2.45) is 0 Å². The molecule has 3 aromatic rings. The number of aliphatic hydroxyl groups is 1. The summed E-state index contributed by atoms with van der Waals surface area (Å²) in [4.78, 5) is 6.24. The number of ether oxygens (including phenoxy) is 1. The summed E-state index contributed by atoms with van der Waals surface area (Å²) >= 11 is 0. The third-order valence-electron chi connectivity index (χ3n) is 5.62. The lowest BCUT2D eigenvalue weighted by Crippen LogP contribution is -2.43. The van der Waals surface area contributed by atoms with Crippen LogP contribution in [-0.2, 0) is 6.18 Å². The van der Waals surface area contributed by atoms with Gasteiger partial charge >= 0.3 is 12.8 Å². The van der Waals surface area contributed by atoms with Crippen molar-refractivity contribution in [2.45, 2.75) is 31.7 Å². The number of aliphatic hydroxyl groups excluding tert-OH is 1. The van der Waals surface area contributed by atoms with Crippen LogP contribution >= 0.6 is 0 Å². The van der Waals surface area contributed by atoms with Gasteiger partial charge < -0.3 is 15.2 Å². The minimum Gasteiger partial charge on any atom is -0.434 e. The molecule has 0 radical (unpaired) electrons. The number of benzene rings is 1. The van der Waals surface area contributed by atoms with E-state index in [2.05, 4.69) is 30.1 Å². The fourth-order valence-corrected chi connectivity index (χ4v) is 4.10. The summed E-state index contributed by atoms with van der Waals surface area (Å²) in [6.45, 7) is -1.13. The van der Waals surface area contributed by atoms with E-state index < -0.39 is 24.1 Å². The second-order valence-corrected chi connectivity index (χ2v) is 7.91. The van der Waals surface area contributed by atoms with Gasteiger partial charge in [-0.15, -0.1) is 10.2 Å². The smallest absolute Gasteiger partial charge is 0.416 e. The maximum atomic E-state index is 13.1. The molecule has 0 aliphatic carbocycles. The van der Waals surface area contributed by atoms with E-state index in [0.29, 0.717) is 35.7 Å². The van der Waals surface area contributed by atoms with Gasteiger partial charge in [-0.1, -0.05) is 0 Å². The Morgan fingerprint density at radius 2 is 2.00 bits per heavy atom. The number of pyridine rings is 1. The molecule has 0 saturated carbocycles. The number of halogens is 5. The zero-order chi connectivity index (χ0) is 24.3. The second-order valence-electron chi connectivity index (χ2n) is 7.91. The summed E-state index contributed by atoms with van der Waals surface area (Å²) in [6.07, 6.45) is 0.0756. The zero-order valence-electron chi connectivity index (χ0n) is 17.9. The first-order valence-electron chi connectivity index (χ1n) is 10.6. The van der Waals surface area contributed by atoms with Crippen molar-refractivity contribution in [3.05, 3.63) is 42.2 Å². The van der Waals surface area contributed by atoms with Crippen molar-refractivity contribution in [1.82, 2.24) is 20.1 Å². The molecule has 0 spiro atoms. The highest BCUT2D eigenvalue weighted by atomic mass is 19.4. The Morgan fingerprint density at radius 1 is 1.18 bits per heavy atom. The maximum Gasteiger partial charge on any atom is 0.416 e. The van der Waals surface area contributed by atoms with Crippen LogP contribution in [0, 0.1) is 0 Å². The fourth-order valence-electron chi connectivity index (χ4n) is 4.10. The van der Waals surface area contributed by atoms with E-state index in [4.69, 9.17) is 0 Å². The highest BCUT2D eigenvalue weighted by Gasteiger charge is 2.32.